The highest BCUT2D eigenvalue weighted by Gasteiger charge is 2.28. The number of aliphatic imine (C=N–C) groups is 1. The number of hydrogen-bond acceptors (Lipinski definition) is 5. The molecule has 7 nitrogen and oxygen atoms in total. The predicted octanol–water partition coefficient (Wildman–Crippen LogP) is 2.92. The first-order valence-corrected chi connectivity index (χ1v) is 11.2. The van der Waals surface area contributed by atoms with Gasteiger partial charge in [-0.05, 0) is 37.1 Å². The Bertz CT molecular complexity index is 875. The van der Waals surface area contributed by atoms with E-state index in [2.05, 4.69) is 57.4 Å². The van der Waals surface area contributed by atoms with Crippen LogP contribution in [-0.2, 0) is 9.47 Å². The van der Waals surface area contributed by atoms with E-state index in [1.807, 2.05) is 20.0 Å². The predicted molar refractivity (Wildman–Crippen MR) is 121 cm³/mol. The van der Waals surface area contributed by atoms with Crippen LogP contribution in [0.2, 0.25) is 0 Å². The third kappa shape index (κ3) is 5.29. The molecule has 1 N–H and O–H groups in total. The molecule has 2 unspecified atom stereocenters. The van der Waals surface area contributed by atoms with E-state index in [4.69, 9.17) is 13.9 Å². The minimum atomic E-state index is 0.0521. The van der Waals surface area contributed by atoms with Gasteiger partial charge in [0.05, 0.1) is 32.4 Å². The van der Waals surface area contributed by atoms with Crippen molar-refractivity contribution in [3.05, 3.63) is 59.0 Å². The summed E-state index contributed by atoms with van der Waals surface area (Å²) < 4.78 is 17.7. The Hall–Kier alpha value is -2.35. The van der Waals surface area contributed by atoms with Crippen molar-refractivity contribution in [2.24, 2.45) is 4.99 Å². The molecule has 2 aliphatic heterocycles. The molecule has 4 rings (SSSR count). The van der Waals surface area contributed by atoms with Crippen LogP contribution in [0.15, 0.2) is 45.8 Å². The fraction of sp³-hybridized carbons (Fsp3) is 0.542. The van der Waals surface area contributed by atoms with Gasteiger partial charge in [0.1, 0.15) is 17.6 Å². The molecular formula is C24H34N4O3. The van der Waals surface area contributed by atoms with E-state index in [1.54, 1.807) is 0 Å². The van der Waals surface area contributed by atoms with E-state index in [0.29, 0.717) is 6.61 Å². The van der Waals surface area contributed by atoms with Crippen molar-refractivity contribution in [2.75, 3.05) is 59.6 Å². The van der Waals surface area contributed by atoms with Crippen molar-refractivity contribution in [2.45, 2.75) is 26.0 Å². The number of benzene rings is 1. The summed E-state index contributed by atoms with van der Waals surface area (Å²) in [5.74, 6) is 2.83. The lowest BCUT2D eigenvalue weighted by atomic mass is 10.0. The van der Waals surface area contributed by atoms with Gasteiger partial charge >= 0.3 is 0 Å². The molecule has 2 fully saturated rings. The van der Waals surface area contributed by atoms with Gasteiger partial charge < -0.3 is 24.1 Å². The summed E-state index contributed by atoms with van der Waals surface area (Å²) in [6.07, 6.45) is 0.0521. The van der Waals surface area contributed by atoms with Crippen LogP contribution in [0.1, 0.15) is 34.8 Å². The second kappa shape index (κ2) is 10.3. The topological polar surface area (TPSA) is 62.5 Å². The van der Waals surface area contributed by atoms with Gasteiger partial charge in [0, 0.05) is 33.2 Å². The van der Waals surface area contributed by atoms with Crippen LogP contribution in [-0.4, -0.2) is 75.4 Å². The van der Waals surface area contributed by atoms with Crippen LogP contribution in [0.25, 0.3) is 0 Å². The molecule has 2 atom stereocenters. The van der Waals surface area contributed by atoms with Gasteiger partial charge in [0.25, 0.3) is 0 Å². The molecule has 3 heterocycles. The van der Waals surface area contributed by atoms with E-state index in [9.17, 15) is 0 Å². The quantitative estimate of drug-likeness (QED) is 0.586. The molecule has 7 heteroatoms. The van der Waals surface area contributed by atoms with Crippen LogP contribution in [0.3, 0.4) is 0 Å². The first-order chi connectivity index (χ1) is 15.2. The fourth-order valence-corrected chi connectivity index (χ4v) is 4.43. The average Bonchev–Trinajstić information content (AvgIpc) is 3.23. The lowest BCUT2D eigenvalue weighted by Crippen LogP contribution is -2.50. The maximum Gasteiger partial charge on any atom is 0.193 e. The highest BCUT2D eigenvalue weighted by molar-refractivity contribution is 5.80. The highest BCUT2D eigenvalue weighted by atomic mass is 16.5. The summed E-state index contributed by atoms with van der Waals surface area (Å²) in [7, 11) is 1.85. The van der Waals surface area contributed by atoms with Crippen LogP contribution in [0.5, 0.6) is 0 Å². The van der Waals surface area contributed by atoms with Gasteiger partial charge in [-0.3, -0.25) is 9.89 Å². The van der Waals surface area contributed by atoms with E-state index >= 15 is 0 Å². The zero-order valence-electron chi connectivity index (χ0n) is 18.8. The summed E-state index contributed by atoms with van der Waals surface area (Å²) >= 11 is 0. The van der Waals surface area contributed by atoms with E-state index in [-0.39, 0.29) is 12.1 Å². The average molecular weight is 427 g/mol. The van der Waals surface area contributed by atoms with Gasteiger partial charge in [-0.2, -0.15) is 0 Å². The summed E-state index contributed by atoms with van der Waals surface area (Å²) in [5.41, 5.74) is 2.51. The zero-order valence-corrected chi connectivity index (χ0v) is 18.8. The number of hydrogen-bond donors (Lipinski definition) is 1. The normalized spacial score (nSPS) is 21.8. The second-order valence-electron chi connectivity index (χ2n) is 8.20. The van der Waals surface area contributed by atoms with Crippen LogP contribution in [0, 0.1) is 13.8 Å². The first-order valence-electron chi connectivity index (χ1n) is 11.2. The number of nitrogens with zero attached hydrogens (tertiary/aromatic N) is 3. The number of furan rings is 1. The smallest absolute Gasteiger partial charge is 0.193 e. The Morgan fingerprint density at radius 2 is 1.90 bits per heavy atom. The molecule has 0 saturated carbocycles. The largest absolute Gasteiger partial charge is 0.465 e. The molecule has 0 spiro atoms. The Kier molecular flexibility index (Phi) is 7.27. The van der Waals surface area contributed by atoms with E-state index < -0.39 is 0 Å². The number of guanidine groups is 1. The monoisotopic (exact) mass is 426 g/mol. The maximum absolute atomic E-state index is 6.10. The van der Waals surface area contributed by atoms with Gasteiger partial charge in [-0.25, -0.2) is 0 Å². The maximum atomic E-state index is 6.10. The third-order valence-electron chi connectivity index (χ3n) is 6.14. The summed E-state index contributed by atoms with van der Waals surface area (Å²) in [4.78, 5) is 9.30. The molecule has 1 aromatic heterocycles. The molecule has 2 aliphatic rings. The van der Waals surface area contributed by atoms with Gasteiger partial charge in [0.2, 0.25) is 0 Å². The SMILES string of the molecule is CN=C(NCC(c1ccc(C)o1)N1CCOCC1)N1CCOC(c2ccccc2C)C1. The molecule has 31 heavy (non-hydrogen) atoms. The third-order valence-corrected chi connectivity index (χ3v) is 6.14. The number of morpholine rings is 2. The molecule has 1 aromatic carbocycles. The minimum Gasteiger partial charge on any atom is -0.465 e. The number of aryl methyl sites for hydroxylation is 2. The number of nitrogens with one attached hydrogen (secondary N) is 1. The fourth-order valence-electron chi connectivity index (χ4n) is 4.43. The molecule has 0 amide bonds. The number of rotatable bonds is 5. The van der Waals surface area contributed by atoms with Gasteiger partial charge in [-0.15, -0.1) is 0 Å². The van der Waals surface area contributed by atoms with Crippen molar-refractivity contribution in [3.63, 3.8) is 0 Å². The highest BCUT2D eigenvalue weighted by Crippen LogP contribution is 2.26. The zero-order chi connectivity index (χ0) is 21.6. The van der Waals surface area contributed by atoms with Crippen LogP contribution < -0.4 is 5.32 Å². The Morgan fingerprint density at radius 1 is 1.10 bits per heavy atom. The molecule has 0 radical (unpaired) electrons. The van der Waals surface area contributed by atoms with Crippen molar-refractivity contribution in [1.82, 2.24) is 15.1 Å². The Balaban J connectivity index is 1.44. The molecular weight excluding hydrogens is 392 g/mol. The molecule has 0 aliphatic carbocycles. The first kappa shape index (κ1) is 21.9. The van der Waals surface area contributed by atoms with Crippen molar-refractivity contribution < 1.29 is 13.9 Å². The van der Waals surface area contributed by atoms with Crippen LogP contribution >= 0.6 is 0 Å². The van der Waals surface area contributed by atoms with Gasteiger partial charge in [-0.1, -0.05) is 24.3 Å². The summed E-state index contributed by atoms with van der Waals surface area (Å²) in [6.45, 7) is 10.5. The lowest BCUT2D eigenvalue weighted by molar-refractivity contribution is -0.00898. The number of ether oxygens (including phenoxy) is 2. The summed E-state index contributed by atoms with van der Waals surface area (Å²) in [5, 5.41) is 3.61. The lowest BCUT2D eigenvalue weighted by Gasteiger charge is -2.37. The standard InChI is InChI=1S/C24H34N4O3/c1-18-6-4-5-7-20(18)23-17-28(12-15-30-23)24(25-3)26-16-21(22-9-8-19(2)31-22)27-10-13-29-14-11-27/h4-9,21,23H,10-17H2,1-3H3,(H,25,26). The summed E-state index contributed by atoms with van der Waals surface area (Å²) in [6, 6.07) is 12.7. The molecule has 2 saturated heterocycles. The van der Waals surface area contributed by atoms with Crippen LogP contribution in [0.4, 0.5) is 0 Å². The van der Waals surface area contributed by atoms with E-state index in [0.717, 1.165) is 63.4 Å². The Labute approximate surface area is 185 Å². The molecule has 0 bridgehead atoms. The van der Waals surface area contributed by atoms with E-state index in [1.165, 1.54) is 11.1 Å². The minimum absolute atomic E-state index is 0.0521. The van der Waals surface area contributed by atoms with Crippen molar-refractivity contribution in [1.29, 1.82) is 0 Å². The second-order valence-corrected chi connectivity index (χ2v) is 8.20. The molecule has 2 aromatic rings. The Morgan fingerprint density at radius 3 is 2.61 bits per heavy atom. The molecule has 168 valence electrons. The van der Waals surface area contributed by atoms with Crippen molar-refractivity contribution in [3.8, 4) is 0 Å². The van der Waals surface area contributed by atoms with Crippen molar-refractivity contribution >= 4 is 5.96 Å². The van der Waals surface area contributed by atoms with Gasteiger partial charge in [0.15, 0.2) is 5.96 Å².